The number of rotatable bonds is 6. The van der Waals surface area contributed by atoms with E-state index >= 15 is 0 Å². The summed E-state index contributed by atoms with van der Waals surface area (Å²) in [6.45, 7) is 4.25. The largest absolute Gasteiger partial charge is 0.495 e. The summed E-state index contributed by atoms with van der Waals surface area (Å²) < 4.78 is 11.2. The van der Waals surface area contributed by atoms with Gasteiger partial charge in [0.15, 0.2) is 0 Å². The third-order valence-electron chi connectivity index (χ3n) is 4.54. The van der Waals surface area contributed by atoms with Gasteiger partial charge in [-0.1, -0.05) is 24.3 Å². The Hall–Kier alpha value is -2.79. The van der Waals surface area contributed by atoms with Crippen LogP contribution in [0.15, 0.2) is 52.9 Å². The summed E-state index contributed by atoms with van der Waals surface area (Å²) in [5.74, 6) is 1.39. The quantitative estimate of drug-likeness (QED) is 0.715. The van der Waals surface area contributed by atoms with E-state index in [-0.39, 0.29) is 18.5 Å². The van der Waals surface area contributed by atoms with Crippen molar-refractivity contribution >= 4 is 22.6 Å². The molecule has 0 saturated heterocycles. The Kier molecular flexibility index (Phi) is 5.28. The molecule has 0 aliphatic carbocycles. The maximum atomic E-state index is 12.5. The summed E-state index contributed by atoms with van der Waals surface area (Å²) in [6, 6.07) is 15.6. The Bertz CT molecular complexity index is 884. The summed E-state index contributed by atoms with van der Waals surface area (Å²) in [5, 5.41) is 4.00. The second kappa shape index (κ2) is 7.62. The first-order valence-corrected chi connectivity index (χ1v) is 8.61. The molecule has 3 aromatic rings. The van der Waals surface area contributed by atoms with Gasteiger partial charge in [0.2, 0.25) is 5.91 Å². The molecule has 2 aromatic carbocycles. The number of aryl methyl sites for hydroxylation is 1. The lowest BCUT2D eigenvalue weighted by molar-refractivity contribution is -0.117. The summed E-state index contributed by atoms with van der Waals surface area (Å²) in [7, 11) is 3.50. The first-order valence-electron chi connectivity index (χ1n) is 8.61. The van der Waals surface area contributed by atoms with Gasteiger partial charge in [-0.2, -0.15) is 0 Å². The number of nitrogens with zero attached hydrogens (tertiary/aromatic N) is 1. The van der Waals surface area contributed by atoms with Crippen molar-refractivity contribution < 1.29 is 13.9 Å². The van der Waals surface area contributed by atoms with E-state index < -0.39 is 0 Å². The number of fused-ring (bicyclic) bond motifs is 1. The van der Waals surface area contributed by atoms with E-state index in [1.807, 2.05) is 74.3 Å². The summed E-state index contributed by atoms with van der Waals surface area (Å²) in [4.78, 5) is 14.4. The smallest absolute Gasteiger partial charge is 0.238 e. The molecule has 0 saturated carbocycles. The predicted octanol–water partition coefficient (Wildman–Crippen LogP) is 4.38. The van der Waals surface area contributed by atoms with E-state index in [2.05, 4.69) is 5.32 Å². The topological polar surface area (TPSA) is 54.7 Å². The van der Waals surface area contributed by atoms with Crippen molar-refractivity contribution in [2.75, 3.05) is 26.0 Å². The number of para-hydroxylation sites is 1. The fourth-order valence-electron chi connectivity index (χ4n) is 2.90. The van der Waals surface area contributed by atoms with E-state index in [1.54, 1.807) is 7.11 Å². The van der Waals surface area contributed by atoms with Gasteiger partial charge >= 0.3 is 0 Å². The number of likely N-dealkylation sites (N-methyl/N-ethyl adjacent to an activating group) is 1. The summed E-state index contributed by atoms with van der Waals surface area (Å²) in [5.41, 5.74) is 2.60. The van der Waals surface area contributed by atoms with Crippen LogP contribution in [-0.4, -0.2) is 31.5 Å². The molecule has 1 atom stereocenters. The molecule has 1 aromatic heterocycles. The minimum Gasteiger partial charge on any atom is -0.495 e. The molecule has 1 heterocycles. The first kappa shape index (κ1) is 18.0. The van der Waals surface area contributed by atoms with Crippen LogP contribution >= 0.6 is 0 Å². The Morgan fingerprint density at radius 2 is 2.00 bits per heavy atom. The second-order valence-electron chi connectivity index (χ2n) is 6.53. The average Bonchev–Trinajstić information content (AvgIpc) is 3.05. The van der Waals surface area contributed by atoms with Gasteiger partial charge in [0.25, 0.3) is 0 Å². The fourth-order valence-corrected chi connectivity index (χ4v) is 2.90. The molecule has 0 spiro atoms. The van der Waals surface area contributed by atoms with Crippen molar-refractivity contribution in [2.24, 2.45) is 0 Å². The van der Waals surface area contributed by atoms with Crippen LogP contribution in [0.3, 0.4) is 0 Å². The van der Waals surface area contributed by atoms with Crippen molar-refractivity contribution in [1.82, 2.24) is 4.90 Å². The molecule has 1 N–H and O–H groups in total. The number of anilines is 1. The molecular formula is C21H24N2O3. The van der Waals surface area contributed by atoms with E-state index in [4.69, 9.17) is 9.15 Å². The van der Waals surface area contributed by atoms with E-state index in [9.17, 15) is 4.79 Å². The summed E-state index contributed by atoms with van der Waals surface area (Å²) in [6.07, 6.45) is 0. The summed E-state index contributed by atoms with van der Waals surface area (Å²) >= 11 is 0. The maximum absolute atomic E-state index is 12.5. The molecule has 3 rings (SSSR count). The molecular weight excluding hydrogens is 328 g/mol. The Morgan fingerprint density at radius 1 is 1.23 bits per heavy atom. The van der Waals surface area contributed by atoms with Crippen LogP contribution in [0, 0.1) is 6.92 Å². The standard InChI is InChI=1S/C21H24N2O3/c1-14-9-10-19(25-4)17(11-14)22-21(24)13-23(3)15(2)20-12-16-7-5-6-8-18(16)26-20/h5-12,15H,13H2,1-4H3,(H,22,24)/t15-/m1/s1. The maximum Gasteiger partial charge on any atom is 0.238 e. The van der Waals surface area contributed by atoms with Crippen LogP contribution in [0.1, 0.15) is 24.3 Å². The highest BCUT2D eigenvalue weighted by atomic mass is 16.5. The van der Waals surface area contributed by atoms with Crippen molar-refractivity contribution in [3.8, 4) is 5.75 Å². The van der Waals surface area contributed by atoms with Crippen LogP contribution in [0.5, 0.6) is 5.75 Å². The number of hydrogen-bond donors (Lipinski definition) is 1. The lowest BCUT2D eigenvalue weighted by Gasteiger charge is -2.22. The predicted molar refractivity (Wildman–Crippen MR) is 104 cm³/mol. The number of furan rings is 1. The fraction of sp³-hybridized carbons (Fsp3) is 0.286. The number of benzene rings is 2. The molecule has 0 bridgehead atoms. The molecule has 26 heavy (non-hydrogen) atoms. The average molecular weight is 352 g/mol. The zero-order valence-corrected chi connectivity index (χ0v) is 15.6. The highest BCUT2D eigenvalue weighted by Crippen LogP contribution is 2.27. The Labute approximate surface area is 153 Å². The lowest BCUT2D eigenvalue weighted by Crippen LogP contribution is -2.32. The number of carbonyl (C=O) groups is 1. The van der Waals surface area contributed by atoms with Crippen LogP contribution in [0.25, 0.3) is 11.0 Å². The van der Waals surface area contributed by atoms with Gasteiger partial charge in [0.05, 0.1) is 25.4 Å². The van der Waals surface area contributed by atoms with E-state index in [1.165, 1.54) is 0 Å². The van der Waals surface area contributed by atoms with Crippen molar-refractivity contribution in [2.45, 2.75) is 19.9 Å². The Balaban J connectivity index is 1.68. The van der Waals surface area contributed by atoms with Gasteiger partial charge in [-0.3, -0.25) is 9.69 Å². The monoisotopic (exact) mass is 352 g/mol. The van der Waals surface area contributed by atoms with Gasteiger partial charge in [-0.05, 0) is 50.7 Å². The third-order valence-corrected chi connectivity index (χ3v) is 4.54. The van der Waals surface area contributed by atoms with Gasteiger partial charge in [0.1, 0.15) is 17.1 Å². The van der Waals surface area contributed by atoms with Crippen molar-refractivity contribution in [3.05, 3.63) is 59.9 Å². The molecule has 0 unspecified atom stereocenters. The van der Waals surface area contributed by atoms with Crippen molar-refractivity contribution in [3.63, 3.8) is 0 Å². The zero-order chi connectivity index (χ0) is 18.7. The number of methoxy groups -OCH3 is 1. The molecule has 136 valence electrons. The van der Waals surface area contributed by atoms with Gasteiger partial charge < -0.3 is 14.5 Å². The Morgan fingerprint density at radius 3 is 2.73 bits per heavy atom. The number of carbonyl (C=O) groups excluding carboxylic acids is 1. The minimum absolute atomic E-state index is 0.0208. The molecule has 0 aliphatic rings. The molecule has 5 nitrogen and oxygen atoms in total. The number of amides is 1. The number of hydrogen-bond acceptors (Lipinski definition) is 4. The lowest BCUT2D eigenvalue weighted by atomic mass is 10.2. The van der Waals surface area contributed by atoms with Gasteiger partial charge in [0, 0.05) is 5.39 Å². The molecule has 0 fully saturated rings. The van der Waals surface area contributed by atoms with Crippen LogP contribution in [0.2, 0.25) is 0 Å². The number of nitrogens with one attached hydrogen (secondary N) is 1. The van der Waals surface area contributed by atoms with Crippen LogP contribution < -0.4 is 10.1 Å². The highest BCUT2D eigenvalue weighted by Gasteiger charge is 2.19. The van der Waals surface area contributed by atoms with E-state index in [0.29, 0.717) is 11.4 Å². The number of ether oxygens (including phenoxy) is 1. The first-order chi connectivity index (χ1) is 12.5. The highest BCUT2D eigenvalue weighted by molar-refractivity contribution is 5.93. The van der Waals surface area contributed by atoms with E-state index in [0.717, 1.165) is 22.3 Å². The van der Waals surface area contributed by atoms with Gasteiger partial charge in [-0.25, -0.2) is 0 Å². The SMILES string of the molecule is COc1ccc(C)cc1NC(=O)CN(C)[C@H](C)c1cc2ccccc2o1. The van der Waals surface area contributed by atoms with Crippen LogP contribution in [0.4, 0.5) is 5.69 Å². The molecule has 5 heteroatoms. The second-order valence-corrected chi connectivity index (χ2v) is 6.53. The zero-order valence-electron chi connectivity index (χ0n) is 15.6. The minimum atomic E-state index is -0.0978. The third kappa shape index (κ3) is 3.89. The molecule has 1 amide bonds. The van der Waals surface area contributed by atoms with Gasteiger partial charge in [-0.15, -0.1) is 0 Å². The molecule has 0 aliphatic heterocycles. The van der Waals surface area contributed by atoms with Crippen LogP contribution in [-0.2, 0) is 4.79 Å². The molecule has 0 radical (unpaired) electrons. The normalized spacial score (nSPS) is 12.3. The van der Waals surface area contributed by atoms with Crippen molar-refractivity contribution in [1.29, 1.82) is 0 Å².